The van der Waals surface area contributed by atoms with Crippen molar-refractivity contribution in [1.82, 2.24) is 0 Å². The second-order valence-electron chi connectivity index (χ2n) is 4.38. The van der Waals surface area contributed by atoms with Crippen LogP contribution in [-0.2, 0) is 11.4 Å². The zero-order valence-electron chi connectivity index (χ0n) is 11.1. The van der Waals surface area contributed by atoms with Crippen LogP contribution in [0.1, 0.15) is 16.7 Å². The number of rotatable bonds is 5. The molecular formula is C18H16O2. The van der Waals surface area contributed by atoms with E-state index in [1.165, 1.54) is 6.08 Å². The Morgan fingerprint density at radius 3 is 1.95 bits per heavy atom. The molecule has 0 atom stereocenters. The fourth-order valence-electron chi connectivity index (χ4n) is 1.71. The molecule has 0 unspecified atom stereocenters. The standard InChI is InChI=1S/C18H16O2/c19-14-17-8-6-16(7-9-17)11-13-18(20)12-10-15-4-2-1-3-5-15/h1-13,19H,14H2/b12-10+,13-11+. The van der Waals surface area contributed by atoms with Crippen LogP contribution in [0.15, 0.2) is 66.7 Å². The van der Waals surface area contributed by atoms with Crippen molar-refractivity contribution in [2.45, 2.75) is 6.61 Å². The van der Waals surface area contributed by atoms with E-state index in [9.17, 15) is 4.79 Å². The highest BCUT2D eigenvalue weighted by atomic mass is 16.3. The summed E-state index contributed by atoms with van der Waals surface area (Å²) in [5.41, 5.74) is 2.79. The number of hydrogen-bond acceptors (Lipinski definition) is 2. The van der Waals surface area contributed by atoms with Gasteiger partial charge in [0, 0.05) is 0 Å². The molecule has 2 aromatic rings. The van der Waals surface area contributed by atoms with Crippen LogP contribution in [0.4, 0.5) is 0 Å². The van der Waals surface area contributed by atoms with Gasteiger partial charge in [0.05, 0.1) is 6.61 Å². The van der Waals surface area contributed by atoms with Crippen LogP contribution in [0.2, 0.25) is 0 Å². The van der Waals surface area contributed by atoms with E-state index in [4.69, 9.17) is 5.11 Å². The summed E-state index contributed by atoms with van der Waals surface area (Å²) in [5, 5.41) is 8.94. The summed E-state index contributed by atoms with van der Waals surface area (Å²) in [5.74, 6) is -0.0555. The molecule has 0 fully saturated rings. The number of carbonyl (C=O) groups is 1. The van der Waals surface area contributed by atoms with Crippen molar-refractivity contribution in [2.24, 2.45) is 0 Å². The van der Waals surface area contributed by atoms with Crippen LogP contribution in [0.25, 0.3) is 12.2 Å². The van der Waals surface area contributed by atoms with Crippen molar-refractivity contribution in [3.8, 4) is 0 Å². The van der Waals surface area contributed by atoms with Gasteiger partial charge < -0.3 is 5.11 Å². The third-order valence-electron chi connectivity index (χ3n) is 2.84. The number of allylic oxidation sites excluding steroid dienone is 2. The summed E-state index contributed by atoms with van der Waals surface area (Å²) in [6, 6.07) is 17.1. The molecular weight excluding hydrogens is 248 g/mol. The molecule has 20 heavy (non-hydrogen) atoms. The Kier molecular flexibility index (Phi) is 5.04. The average Bonchev–Trinajstić information content (AvgIpc) is 2.52. The third-order valence-corrected chi connectivity index (χ3v) is 2.84. The molecule has 0 bridgehead atoms. The van der Waals surface area contributed by atoms with Crippen LogP contribution in [0.5, 0.6) is 0 Å². The quantitative estimate of drug-likeness (QED) is 0.839. The van der Waals surface area contributed by atoms with E-state index in [1.807, 2.05) is 54.6 Å². The van der Waals surface area contributed by atoms with Gasteiger partial charge in [-0.3, -0.25) is 4.79 Å². The minimum atomic E-state index is -0.0555. The van der Waals surface area contributed by atoms with E-state index < -0.39 is 0 Å². The molecule has 100 valence electrons. The van der Waals surface area contributed by atoms with E-state index in [-0.39, 0.29) is 12.4 Å². The van der Waals surface area contributed by atoms with Crippen molar-refractivity contribution in [3.63, 3.8) is 0 Å². The Balaban J connectivity index is 1.96. The summed E-state index contributed by atoms with van der Waals surface area (Å²) in [7, 11) is 0. The number of benzene rings is 2. The molecule has 0 radical (unpaired) electrons. The van der Waals surface area contributed by atoms with Crippen molar-refractivity contribution in [2.75, 3.05) is 0 Å². The van der Waals surface area contributed by atoms with Crippen molar-refractivity contribution in [1.29, 1.82) is 0 Å². The number of aliphatic hydroxyl groups is 1. The van der Waals surface area contributed by atoms with Gasteiger partial charge >= 0.3 is 0 Å². The Morgan fingerprint density at radius 2 is 1.40 bits per heavy atom. The molecule has 0 amide bonds. The number of hydrogen-bond donors (Lipinski definition) is 1. The van der Waals surface area contributed by atoms with Gasteiger partial charge in [0.15, 0.2) is 5.78 Å². The van der Waals surface area contributed by atoms with E-state index in [0.29, 0.717) is 0 Å². The van der Waals surface area contributed by atoms with Gasteiger partial charge in [0.2, 0.25) is 0 Å². The minimum absolute atomic E-state index is 0.0305. The van der Waals surface area contributed by atoms with Crippen LogP contribution < -0.4 is 0 Å². The first-order valence-electron chi connectivity index (χ1n) is 6.43. The Labute approximate surface area is 118 Å². The van der Waals surface area contributed by atoms with Gasteiger partial charge in [0.25, 0.3) is 0 Å². The molecule has 0 aliphatic rings. The second kappa shape index (κ2) is 7.22. The zero-order valence-corrected chi connectivity index (χ0v) is 11.1. The van der Waals surface area contributed by atoms with E-state index in [1.54, 1.807) is 18.2 Å². The maximum absolute atomic E-state index is 11.7. The van der Waals surface area contributed by atoms with Gasteiger partial charge in [-0.1, -0.05) is 66.7 Å². The van der Waals surface area contributed by atoms with E-state index >= 15 is 0 Å². The minimum Gasteiger partial charge on any atom is -0.392 e. The smallest absolute Gasteiger partial charge is 0.178 e. The van der Waals surface area contributed by atoms with E-state index in [0.717, 1.165) is 16.7 Å². The molecule has 0 spiro atoms. The van der Waals surface area contributed by atoms with Gasteiger partial charge in [-0.15, -0.1) is 0 Å². The largest absolute Gasteiger partial charge is 0.392 e. The molecule has 2 heteroatoms. The fraction of sp³-hybridized carbons (Fsp3) is 0.0556. The Bertz CT molecular complexity index is 608. The normalized spacial score (nSPS) is 11.2. The summed E-state index contributed by atoms with van der Waals surface area (Å²) < 4.78 is 0. The fourth-order valence-corrected chi connectivity index (χ4v) is 1.71. The van der Waals surface area contributed by atoms with Crippen molar-refractivity contribution < 1.29 is 9.90 Å². The Morgan fingerprint density at radius 1 is 0.850 bits per heavy atom. The first kappa shape index (κ1) is 14.0. The summed E-state index contributed by atoms with van der Waals surface area (Å²) in [6.45, 7) is 0.0305. The van der Waals surface area contributed by atoms with Gasteiger partial charge in [-0.2, -0.15) is 0 Å². The molecule has 0 saturated carbocycles. The SMILES string of the molecule is O=C(/C=C/c1ccccc1)/C=C/c1ccc(CO)cc1. The lowest BCUT2D eigenvalue weighted by molar-refractivity contribution is -0.110. The second-order valence-corrected chi connectivity index (χ2v) is 4.38. The van der Waals surface area contributed by atoms with Crippen LogP contribution in [0.3, 0.4) is 0 Å². The maximum Gasteiger partial charge on any atom is 0.178 e. The van der Waals surface area contributed by atoms with Crippen molar-refractivity contribution in [3.05, 3.63) is 83.4 Å². The zero-order chi connectivity index (χ0) is 14.2. The third kappa shape index (κ3) is 4.34. The monoisotopic (exact) mass is 264 g/mol. The Hall–Kier alpha value is -2.45. The number of ketones is 1. The molecule has 2 aromatic carbocycles. The molecule has 0 aliphatic carbocycles. The molecule has 0 aromatic heterocycles. The first-order valence-corrected chi connectivity index (χ1v) is 6.43. The highest BCUT2D eigenvalue weighted by molar-refractivity contribution is 6.04. The van der Waals surface area contributed by atoms with Crippen molar-refractivity contribution >= 4 is 17.9 Å². The first-order chi connectivity index (χ1) is 9.78. The lowest BCUT2D eigenvalue weighted by Gasteiger charge is -1.96. The summed E-state index contributed by atoms with van der Waals surface area (Å²) >= 11 is 0. The topological polar surface area (TPSA) is 37.3 Å². The van der Waals surface area contributed by atoms with Crippen LogP contribution in [0, 0.1) is 0 Å². The van der Waals surface area contributed by atoms with Crippen LogP contribution >= 0.6 is 0 Å². The molecule has 2 rings (SSSR count). The van der Waals surface area contributed by atoms with Gasteiger partial charge in [0.1, 0.15) is 0 Å². The summed E-state index contributed by atoms with van der Waals surface area (Å²) in [4.78, 5) is 11.7. The van der Waals surface area contributed by atoms with Crippen LogP contribution in [-0.4, -0.2) is 10.9 Å². The highest BCUT2D eigenvalue weighted by Crippen LogP contribution is 2.07. The number of aliphatic hydroxyl groups excluding tert-OH is 1. The predicted octanol–water partition coefficient (Wildman–Crippen LogP) is 3.47. The van der Waals surface area contributed by atoms with E-state index in [2.05, 4.69) is 0 Å². The molecule has 0 aliphatic heterocycles. The van der Waals surface area contributed by atoms with Gasteiger partial charge in [-0.25, -0.2) is 0 Å². The van der Waals surface area contributed by atoms with Gasteiger partial charge in [-0.05, 0) is 28.8 Å². The molecule has 1 N–H and O–H groups in total. The number of carbonyl (C=O) groups excluding carboxylic acids is 1. The maximum atomic E-state index is 11.7. The predicted molar refractivity (Wildman–Crippen MR) is 81.9 cm³/mol. The molecule has 2 nitrogen and oxygen atoms in total. The summed E-state index contributed by atoms with van der Waals surface area (Å²) in [6.07, 6.45) is 6.64. The average molecular weight is 264 g/mol. The molecule has 0 saturated heterocycles. The molecule has 0 heterocycles. The highest BCUT2D eigenvalue weighted by Gasteiger charge is 1.92. The lowest BCUT2D eigenvalue weighted by Crippen LogP contribution is -1.85. The lowest BCUT2D eigenvalue weighted by atomic mass is 10.1.